The Morgan fingerprint density at radius 2 is 2.20 bits per heavy atom. The molecule has 20 heavy (non-hydrogen) atoms. The van der Waals surface area contributed by atoms with Gasteiger partial charge in [0.15, 0.2) is 5.82 Å². The van der Waals surface area contributed by atoms with Crippen LogP contribution in [0, 0.1) is 12.7 Å². The maximum absolute atomic E-state index is 13.5. The van der Waals surface area contributed by atoms with Crippen LogP contribution in [0.25, 0.3) is 11.4 Å². The van der Waals surface area contributed by atoms with Crippen molar-refractivity contribution in [3.8, 4) is 11.4 Å². The molecule has 1 aromatic carbocycles. The first-order valence-electron chi connectivity index (χ1n) is 6.09. The predicted molar refractivity (Wildman–Crippen MR) is 72.5 cm³/mol. The van der Waals surface area contributed by atoms with Gasteiger partial charge in [0.2, 0.25) is 0 Å². The number of hydrogen-bond acceptors (Lipinski definition) is 5. The van der Waals surface area contributed by atoms with Gasteiger partial charge in [0.25, 0.3) is 0 Å². The van der Waals surface area contributed by atoms with E-state index in [9.17, 15) is 9.18 Å². The Morgan fingerprint density at radius 3 is 2.80 bits per heavy atom. The standard InChI is InChI=1S/C14H14FN3O2/c1-3-20-14(19)10-7-17-13(18-12(10)16)9-5-4-8(2)11(15)6-9/h4-7H,3H2,1-2H3,(H2,16,17,18). The monoisotopic (exact) mass is 275 g/mol. The molecule has 0 aliphatic heterocycles. The van der Waals surface area contributed by atoms with E-state index < -0.39 is 5.97 Å². The first kappa shape index (κ1) is 13.9. The Labute approximate surface area is 115 Å². The topological polar surface area (TPSA) is 78.1 Å². The number of aromatic nitrogens is 2. The summed E-state index contributed by atoms with van der Waals surface area (Å²) < 4.78 is 18.3. The van der Waals surface area contributed by atoms with Crippen molar-refractivity contribution in [2.75, 3.05) is 12.3 Å². The molecule has 0 fully saturated rings. The van der Waals surface area contributed by atoms with Crippen molar-refractivity contribution in [1.29, 1.82) is 0 Å². The van der Waals surface area contributed by atoms with Crippen molar-refractivity contribution in [3.63, 3.8) is 0 Å². The van der Waals surface area contributed by atoms with Crippen molar-refractivity contribution in [2.24, 2.45) is 0 Å². The number of halogens is 1. The number of hydrogen-bond donors (Lipinski definition) is 1. The normalized spacial score (nSPS) is 10.3. The van der Waals surface area contributed by atoms with Gasteiger partial charge in [0.05, 0.1) is 6.61 Å². The Hall–Kier alpha value is -2.50. The van der Waals surface area contributed by atoms with E-state index in [0.717, 1.165) is 0 Å². The second-order valence-corrected chi connectivity index (χ2v) is 4.18. The molecule has 1 heterocycles. The molecule has 5 nitrogen and oxygen atoms in total. The molecule has 0 amide bonds. The van der Waals surface area contributed by atoms with Crippen molar-refractivity contribution >= 4 is 11.8 Å². The molecule has 6 heteroatoms. The highest BCUT2D eigenvalue weighted by Gasteiger charge is 2.14. The fourth-order valence-electron chi connectivity index (χ4n) is 1.63. The summed E-state index contributed by atoms with van der Waals surface area (Å²) in [7, 11) is 0. The fourth-order valence-corrected chi connectivity index (χ4v) is 1.63. The van der Waals surface area contributed by atoms with Gasteiger partial charge in [-0.2, -0.15) is 0 Å². The summed E-state index contributed by atoms with van der Waals surface area (Å²) in [5, 5.41) is 0. The van der Waals surface area contributed by atoms with Crippen LogP contribution in [0.15, 0.2) is 24.4 Å². The number of nitrogen functional groups attached to an aromatic ring is 1. The minimum atomic E-state index is -0.577. The minimum Gasteiger partial charge on any atom is -0.462 e. The van der Waals surface area contributed by atoms with Crippen LogP contribution in [0.5, 0.6) is 0 Å². The largest absolute Gasteiger partial charge is 0.462 e. The Bertz CT molecular complexity index is 659. The van der Waals surface area contributed by atoms with Crippen LogP contribution < -0.4 is 5.73 Å². The Balaban J connectivity index is 2.37. The summed E-state index contributed by atoms with van der Waals surface area (Å²) in [6.45, 7) is 3.60. The van der Waals surface area contributed by atoms with Crippen LogP contribution in [0.1, 0.15) is 22.8 Å². The minimum absolute atomic E-state index is 0.00873. The zero-order valence-electron chi connectivity index (χ0n) is 11.2. The molecular weight excluding hydrogens is 261 g/mol. The van der Waals surface area contributed by atoms with E-state index >= 15 is 0 Å². The van der Waals surface area contributed by atoms with E-state index in [-0.39, 0.29) is 29.6 Å². The summed E-state index contributed by atoms with van der Waals surface area (Å²) in [6, 6.07) is 4.65. The predicted octanol–water partition coefficient (Wildman–Crippen LogP) is 2.35. The third-order valence-corrected chi connectivity index (χ3v) is 2.74. The molecule has 104 valence electrons. The lowest BCUT2D eigenvalue weighted by Crippen LogP contribution is -2.10. The quantitative estimate of drug-likeness (QED) is 0.870. The van der Waals surface area contributed by atoms with Crippen molar-refractivity contribution in [2.45, 2.75) is 13.8 Å². The van der Waals surface area contributed by atoms with Crippen molar-refractivity contribution < 1.29 is 13.9 Å². The van der Waals surface area contributed by atoms with Crippen LogP contribution in [0.3, 0.4) is 0 Å². The van der Waals surface area contributed by atoms with E-state index in [1.165, 1.54) is 12.3 Å². The molecule has 2 aromatic rings. The lowest BCUT2D eigenvalue weighted by molar-refractivity contribution is 0.0527. The molecule has 0 aliphatic rings. The molecular formula is C14H14FN3O2. The van der Waals surface area contributed by atoms with Gasteiger partial charge in [-0.05, 0) is 25.5 Å². The zero-order chi connectivity index (χ0) is 14.7. The molecule has 0 atom stereocenters. The SMILES string of the molecule is CCOC(=O)c1cnc(-c2ccc(C)c(F)c2)nc1N. The van der Waals surface area contributed by atoms with Gasteiger partial charge in [-0.1, -0.05) is 12.1 Å². The number of esters is 1. The third-order valence-electron chi connectivity index (χ3n) is 2.74. The fraction of sp³-hybridized carbons (Fsp3) is 0.214. The van der Waals surface area contributed by atoms with E-state index in [1.54, 1.807) is 26.0 Å². The first-order valence-corrected chi connectivity index (χ1v) is 6.09. The van der Waals surface area contributed by atoms with E-state index in [4.69, 9.17) is 10.5 Å². The summed E-state index contributed by atoms with van der Waals surface area (Å²) in [4.78, 5) is 19.6. The molecule has 0 radical (unpaired) electrons. The number of rotatable bonds is 3. The number of carbonyl (C=O) groups is 1. The van der Waals surface area contributed by atoms with Gasteiger partial charge in [-0.3, -0.25) is 0 Å². The number of nitrogens with two attached hydrogens (primary N) is 1. The number of nitrogens with zero attached hydrogens (tertiary/aromatic N) is 2. The average molecular weight is 275 g/mol. The third kappa shape index (κ3) is 2.74. The van der Waals surface area contributed by atoms with Gasteiger partial charge >= 0.3 is 5.97 Å². The van der Waals surface area contributed by atoms with Gasteiger partial charge in [0, 0.05) is 11.8 Å². The van der Waals surface area contributed by atoms with Crippen LogP contribution >= 0.6 is 0 Å². The molecule has 2 rings (SSSR count). The highest BCUT2D eigenvalue weighted by molar-refractivity contribution is 5.94. The second-order valence-electron chi connectivity index (χ2n) is 4.18. The first-order chi connectivity index (χ1) is 9.52. The lowest BCUT2D eigenvalue weighted by atomic mass is 10.1. The molecule has 0 aliphatic carbocycles. The maximum atomic E-state index is 13.5. The number of carbonyl (C=O) groups excluding carboxylic acids is 1. The Kier molecular flexibility index (Phi) is 3.93. The van der Waals surface area contributed by atoms with Crippen molar-refractivity contribution in [3.05, 3.63) is 41.3 Å². The second kappa shape index (κ2) is 5.64. The number of anilines is 1. The van der Waals surface area contributed by atoms with Gasteiger partial charge in [0.1, 0.15) is 17.2 Å². The zero-order valence-corrected chi connectivity index (χ0v) is 11.2. The van der Waals surface area contributed by atoms with Crippen LogP contribution in [-0.2, 0) is 4.74 Å². The summed E-state index contributed by atoms with van der Waals surface area (Å²) in [5.74, 6) is -0.658. The van der Waals surface area contributed by atoms with Gasteiger partial charge < -0.3 is 10.5 Å². The highest BCUT2D eigenvalue weighted by atomic mass is 19.1. The lowest BCUT2D eigenvalue weighted by Gasteiger charge is -2.07. The number of aryl methyl sites for hydroxylation is 1. The molecule has 0 saturated heterocycles. The molecule has 0 bridgehead atoms. The van der Waals surface area contributed by atoms with E-state index in [2.05, 4.69) is 9.97 Å². The van der Waals surface area contributed by atoms with Gasteiger partial charge in [-0.25, -0.2) is 19.2 Å². The van der Waals surface area contributed by atoms with E-state index in [1.807, 2.05) is 0 Å². The average Bonchev–Trinajstić information content (AvgIpc) is 2.42. The molecule has 0 spiro atoms. The maximum Gasteiger partial charge on any atom is 0.343 e. The molecule has 1 aromatic heterocycles. The number of benzene rings is 1. The van der Waals surface area contributed by atoms with E-state index in [0.29, 0.717) is 11.1 Å². The molecule has 0 unspecified atom stereocenters. The summed E-state index contributed by atoms with van der Waals surface area (Å²) in [6.07, 6.45) is 1.29. The molecule has 2 N–H and O–H groups in total. The van der Waals surface area contributed by atoms with Crippen molar-refractivity contribution in [1.82, 2.24) is 9.97 Å². The van der Waals surface area contributed by atoms with Gasteiger partial charge in [-0.15, -0.1) is 0 Å². The number of ether oxygens (including phenoxy) is 1. The summed E-state index contributed by atoms with van der Waals surface area (Å²) in [5.41, 5.74) is 6.84. The van der Waals surface area contributed by atoms with Crippen LogP contribution in [0.2, 0.25) is 0 Å². The van der Waals surface area contributed by atoms with Crippen LogP contribution in [-0.4, -0.2) is 22.5 Å². The molecule has 0 saturated carbocycles. The highest BCUT2D eigenvalue weighted by Crippen LogP contribution is 2.20. The van der Waals surface area contributed by atoms with Crippen LogP contribution in [0.4, 0.5) is 10.2 Å². The summed E-state index contributed by atoms with van der Waals surface area (Å²) >= 11 is 0. The smallest absolute Gasteiger partial charge is 0.343 e. The Morgan fingerprint density at radius 1 is 1.45 bits per heavy atom.